The summed E-state index contributed by atoms with van der Waals surface area (Å²) in [4.78, 5) is 7.59. The van der Waals surface area contributed by atoms with Crippen LogP contribution in [0.15, 0.2) is 12.1 Å². The van der Waals surface area contributed by atoms with Gasteiger partial charge in [0.2, 0.25) is 0 Å². The molecule has 2 aromatic rings. The molecule has 2 heterocycles. The third-order valence-corrected chi connectivity index (χ3v) is 7.46. The number of nitrogens with one attached hydrogen (secondary N) is 1. The second kappa shape index (κ2) is 9.84. The number of aliphatic hydroxyl groups excluding tert-OH is 1. The van der Waals surface area contributed by atoms with Crippen molar-refractivity contribution in [3.05, 3.63) is 23.3 Å². The number of ether oxygens (including phenoxy) is 2. The number of aryl methyl sites for hydroxylation is 1. The van der Waals surface area contributed by atoms with Gasteiger partial charge in [0, 0.05) is 24.0 Å². The van der Waals surface area contributed by atoms with Crippen LogP contribution in [-0.2, 0) is 12.8 Å². The van der Waals surface area contributed by atoms with Gasteiger partial charge in [0.05, 0.1) is 25.3 Å². The van der Waals surface area contributed by atoms with Crippen LogP contribution in [0.3, 0.4) is 0 Å². The van der Waals surface area contributed by atoms with E-state index in [-0.39, 0.29) is 6.10 Å². The van der Waals surface area contributed by atoms with Crippen LogP contribution in [0.25, 0.3) is 10.9 Å². The summed E-state index contributed by atoms with van der Waals surface area (Å²) in [6, 6.07) is 4.59. The van der Waals surface area contributed by atoms with Crippen molar-refractivity contribution in [2.75, 3.05) is 38.7 Å². The first-order valence-corrected chi connectivity index (χ1v) is 12.5. The number of likely N-dealkylation sites (tertiary alicyclic amines) is 1. The molecule has 0 spiro atoms. The topological polar surface area (TPSA) is 66.8 Å². The number of pyridine rings is 1. The molecule has 2 fully saturated rings. The van der Waals surface area contributed by atoms with Gasteiger partial charge in [0.15, 0.2) is 11.5 Å². The van der Waals surface area contributed by atoms with Crippen LogP contribution < -0.4 is 14.8 Å². The number of benzene rings is 1. The summed E-state index contributed by atoms with van der Waals surface area (Å²) in [7, 11) is 1.72. The Bertz CT molecular complexity index is 934. The van der Waals surface area contributed by atoms with Crippen molar-refractivity contribution >= 4 is 16.7 Å². The Morgan fingerprint density at radius 2 is 1.81 bits per heavy atom. The summed E-state index contributed by atoms with van der Waals surface area (Å²) < 4.78 is 11.9. The highest BCUT2D eigenvalue weighted by Crippen LogP contribution is 2.39. The first-order chi connectivity index (χ1) is 15.7. The number of hydrogen-bond acceptors (Lipinski definition) is 6. The van der Waals surface area contributed by atoms with Crippen molar-refractivity contribution in [3.63, 3.8) is 0 Å². The molecule has 1 aromatic heterocycles. The van der Waals surface area contributed by atoms with Crippen LogP contribution in [0, 0.1) is 0 Å². The molecule has 1 saturated carbocycles. The van der Waals surface area contributed by atoms with Crippen LogP contribution >= 0.6 is 0 Å². The maximum atomic E-state index is 9.85. The molecule has 0 amide bonds. The normalized spacial score (nSPS) is 23.4. The van der Waals surface area contributed by atoms with Crippen molar-refractivity contribution in [2.24, 2.45) is 0 Å². The van der Waals surface area contributed by atoms with Crippen LogP contribution in [0.2, 0.25) is 0 Å². The first kappa shape index (κ1) is 21.8. The summed E-state index contributed by atoms with van der Waals surface area (Å²) in [5.41, 5.74) is 3.76. The standard InChI is InChI=1S/C26H37N3O3/c1-31-24-16-22-20-6-4-7-21(20)26(27-18-8-10-19(30)11-9-18)28-23(22)17-25(24)32-15-5-14-29-12-2-3-13-29/h16-19,30H,2-15H2,1H3,(H,27,28). The maximum Gasteiger partial charge on any atom is 0.163 e. The van der Waals surface area contributed by atoms with Gasteiger partial charge in [-0.25, -0.2) is 4.98 Å². The van der Waals surface area contributed by atoms with E-state index in [0.29, 0.717) is 12.6 Å². The van der Waals surface area contributed by atoms with Gasteiger partial charge in [-0.15, -0.1) is 0 Å². The molecule has 0 radical (unpaired) electrons. The molecule has 174 valence electrons. The van der Waals surface area contributed by atoms with Crippen molar-refractivity contribution in [1.29, 1.82) is 0 Å². The zero-order valence-corrected chi connectivity index (χ0v) is 19.4. The van der Waals surface area contributed by atoms with E-state index in [9.17, 15) is 5.11 Å². The number of aromatic nitrogens is 1. The van der Waals surface area contributed by atoms with Crippen LogP contribution in [-0.4, -0.2) is 60.5 Å². The van der Waals surface area contributed by atoms with E-state index in [4.69, 9.17) is 14.5 Å². The van der Waals surface area contributed by atoms with Gasteiger partial charge in [-0.3, -0.25) is 0 Å². The van der Waals surface area contributed by atoms with E-state index in [1.54, 1.807) is 7.11 Å². The minimum absolute atomic E-state index is 0.138. The highest BCUT2D eigenvalue weighted by Gasteiger charge is 2.25. The molecular weight excluding hydrogens is 402 g/mol. The predicted molar refractivity (Wildman–Crippen MR) is 128 cm³/mol. The van der Waals surface area contributed by atoms with Gasteiger partial charge < -0.3 is 24.8 Å². The lowest BCUT2D eigenvalue weighted by Crippen LogP contribution is -2.29. The van der Waals surface area contributed by atoms with E-state index in [2.05, 4.69) is 22.3 Å². The molecule has 1 saturated heterocycles. The molecule has 1 aromatic carbocycles. The quantitative estimate of drug-likeness (QED) is 0.598. The molecule has 2 N–H and O–H groups in total. The summed E-state index contributed by atoms with van der Waals surface area (Å²) in [5, 5.41) is 14.8. The zero-order chi connectivity index (χ0) is 21.9. The van der Waals surface area contributed by atoms with Crippen LogP contribution in [0.4, 0.5) is 5.82 Å². The molecule has 6 nitrogen and oxygen atoms in total. The fourth-order valence-corrected chi connectivity index (χ4v) is 5.66. The molecule has 2 aliphatic carbocycles. The Morgan fingerprint density at radius 3 is 2.59 bits per heavy atom. The van der Waals surface area contributed by atoms with Crippen molar-refractivity contribution in [1.82, 2.24) is 9.88 Å². The third kappa shape index (κ3) is 4.67. The number of hydrogen-bond donors (Lipinski definition) is 2. The summed E-state index contributed by atoms with van der Waals surface area (Å²) in [6.45, 7) is 4.25. The average molecular weight is 440 g/mol. The van der Waals surface area contributed by atoms with E-state index < -0.39 is 0 Å². The van der Waals surface area contributed by atoms with Gasteiger partial charge in [-0.2, -0.15) is 0 Å². The average Bonchev–Trinajstić information content (AvgIpc) is 3.50. The highest BCUT2D eigenvalue weighted by molar-refractivity contribution is 5.89. The van der Waals surface area contributed by atoms with Gasteiger partial charge in [0.1, 0.15) is 5.82 Å². The molecule has 0 unspecified atom stereocenters. The zero-order valence-electron chi connectivity index (χ0n) is 19.4. The number of methoxy groups -OCH3 is 1. The van der Waals surface area contributed by atoms with E-state index in [0.717, 1.165) is 74.3 Å². The van der Waals surface area contributed by atoms with Crippen molar-refractivity contribution in [2.45, 2.75) is 76.4 Å². The largest absolute Gasteiger partial charge is 0.493 e. The van der Waals surface area contributed by atoms with Crippen molar-refractivity contribution < 1.29 is 14.6 Å². The first-order valence-electron chi connectivity index (χ1n) is 12.5. The summed E-state index contributed by atoms with van der Waals surface area (Å²) in [5.74, 6) is 2.63. The molecule has 0 bridgehead atoms. The highest BCUT2D eigenvalue weighted by atomic mass is 16.5. The number of aliphatic hydroxyl groups is 1. The molecule has 1 aliphatic heterocycles. The second-order valence-electron chi connectivity index (χ2n) is 9.69. The Kier molecular flexibility index (Phi) is 6.69. The lowest BCUT2D eigenvalue weighted by molar-refractivity contribution is 0.126. The summed E-state index contributed by atoms with van der Waals surface area (Å²) in [6.07, 6.45) is 10.6. The van der Waals surface area contributed by atoms with E-state index in [1.807, 2.05) is 0 Å². The Balaban J connectivity index is 1.36. The molecule has 6 heteroatoms. The second-order valence-corrected chi connectivity index (χ2v) is 9.69. The van der Waals surface area contributed by atoms with E-state index in [1.165, 1.54) is 48.9 Å². The molecule has 5 rings (SSSR count). The van der Waals surface area contributed by atoms with Crippen LogP contribution in [0.5, 0.6) is 11.5 Å². The maximum absolute atomic E-state index is 9.85. The molecule has 32 heavy (non-hydrogen) atoms. The number of rotatable bonds is 8. The fraction of sp³-hybridized carbons (Fsp3) is 0.654. The SMILES string of the molecule is COc1cc2c3c(c(NC4CCC(O)CC4)nc2cc1OCCCN1CCCC1)CCC3. The van der Waals surface area contributed by atoms with Gasteiger partial charge >= 0.3 is 0 Å². The Hall–Kier alpha value is -2.05. The minimum Gasteiger partial charge on any atom is -0.493 e. The molecule has 3 aliphatic rings. The fourth-order valence-electron chi connectivity index (χ4n) is 5.66. The smallest absolute Gasteiger partial charge is 0.163 e. The Morgan fingerprint density at radius 1 is 1.03 bits per heavy atom. The molecular formula is C26H37N3O3. The lowest BCUT2D eigenvalue weighted by Gasteiger charge is -2.27. The predicted octanol–water partition coefficient (Wildman–Crippen LogP) is 4.31. The lowest BCUT2D eigenvalue weighted by atomic mass is 9.93. The van der Waals surface area contributed by atoms with Gasteiger partial charge in [-0.05, 0) is 94.5 Å². The van der Waals surface area contributed by atoms with Crippen molar-refractivity contribution in [3.8, 4) is 11.5 Å². The summed E-state index contributed by atoms with van der Waals surface area (Å²) >= 11 is 0. The minimum atomic E-state index is -0.138. The van der Waals surface area contributed by atoms with Crippen LogP contribution in [0.1, 0.15) is 62.5 Å². The monoisotopic (exact) mass is 439 g/mol. The third-order valence-electron chi connectivity index (χ3n) is 7.46. The number of fused-ring (bicyclic) bond motifs is 3. The Labute approximate surface area is 191 Å². The van der Waals surface area contributed by atoms with Gasteiger partial charge in [0.25, 0.3) is 0 Å². The number of anilines is 1. The van der Waals surface area contributed by atoms with Gasteiger partial charge in [-0.1, -0.05) is 0 Å². The number of nitrogens with zero attached hydrogens (tertiary/aromatic N) is 2. The van der Waals surface area contributed by atoms with E-state index >= 15 is 0 Å². The molecule has 0 atom stereocenters.